The predicted octanol–water partition coefficient (Wildman–Crippen LogP) is -0.590. The van der Waals surface area contributed by atoms with Gasteiger partial charge in [-0.2, -0.15) is 12.6 Å². The van der Waals surface area contributed by atoms with Crippen molar-refractivity contribution in [3.8, 4) is 0 Å². The van der Waals surface area contributed by atoms with E-state index in [9.17, 15) is 24.1 Å². The molecule has 0 aliphatic heterocycles. The molecule has 0 fully saturated rings. The van der Waals surface area contributed by atoms with Gasteiger partial charge in [0, 0.05) is 41.9 Å². The average Bonchev–Trinajstić information content (AvgIpc) is 2.39. The second-order valence-electron chi connectivity index (χ2n) is 3.80. The molecule has 0 saturated heterocycles. The first-order valence-corrected chi connectivity index (χ1v) is 7.24. The summed E-state index contributed by atoms with van der Waals surface area (Å²) in [4.78, 5) is 55.3. The smallest absolute Gasteiger partial charge is 0.337 e. The molecule has 0 saturated carbocycles. The predicted molar refractivity (Wildman–Crippen MR) is 78.4 cm³/mol. The van der Waals surface area contributed by atoms with Gasteiger partial charge in [-0.25, -0.2) is 9.59 Å². The number of carbonyl (C=O) groups excluding carboxylic acids is 4. The van der Waals surface area contributed by atoms with E-state index in [-0.39, 0.29) is 11.5 Å². The van der Waals surface area contributed by atoms with Crippen molar-refractivity contribution in [2.24, 2.45) is 4.58 Å². The van der Waals surface area contributed by atoms with Gasteiger partial charge in [0.05, 0.1) is 0 Å². The minimum Gasteiger partial charge on any atom is -0.390 e. The Hall–Kier alpha value is -1.62. The molecular formula is C10H15N3O6S2. The molecule has 2 amide bonds. The molecule has 0 aliphatic carbocycles. The van der Waals surface area contributed by atoms with Crippen LogP contribution in [-0.4, -0.2) is 47.3 Å². The molecule has 0 aromatic rings. The van der Waals surface area contributed by atoms with Gasteiger partial charge in [-0.15, -0.1) is 4.91 Å². The Labute approximate surface area is 130 Å². The highest BCUT2D eigenvalue weighted by atomic mass is 32.2. The van der Waals surface area contributed by atoms with Gasteiger partial charge in [-0.05, 0) is 0 Å². The van der Waals surface area contributed by atoms with E-state index in [1.807, 2.05) is 0 Å². The summed E-state index contributed by atoms with van der Waals surface area (Å²) < 4.78 is 7.04. The van der Waals surface area contributed by atoms with Crippen molar-refractivity contribution in [2.45, 2.75) is 25.9 Å². The summed E-state index contributed by atoms with van der Waals surface area (Å²) in [5.74, 6) is -3.34. The number of hydrogen-bond acceptors (Lipinski definition) is 9. The van der Waals surface area contributed by atoms with Crippen molar-refractivity contribution in [2.75, 3.05) is 11.5 Å². The summed E-state index contributed by atoms with van der Waals surface area (Å²) in [5.41, 5.74) is 0. The molecule has 0 spiro atoms. The summed E-state index contributed by atoms with van der Waals surface area (Å²) in [5, 5.41) is 4.48. The van der Waals surface area contributed by atoms with Crippen molar-refractivity contribution in [1.82, 2.24) is 10.6 Å². The molecule has 0 aromatic heterocycles. The summed E-state index contributed by atoms with van der Waals surface area (Å²) in [6.07, 6.45) is 0. The van der Waals surface area contributed by atoms with Crippen LogP contribution in [0.5, 0.6) is 0 Å². The zero-order valence-electron chi connectivity index (χ0n) is 11.3. The highest BCUT2D eigenvalue weighted by molar-refractivity contribution is 7.97. The summed E-state index contributed by atoms with van der Waals surface area (Å²) in [6, 6.07) is -2.29. The van der Waals surface area contributed by atoms with Gasteiger partial charge in [0.1, 0.15) is 12.1 Å². The van der Waals surface area contributed by atoms with Crippen LogP contribution < -0.4 is 10.6 Å². The summed E-state index contributed by atoms with van der Waals surface area (Å²) >= 11 is 4.35. The van der Waals surface area contributed by atoms with E-state index in [2.05, 4.69) is 32.6 Å². The molecular weight excluding hydrogens is 322 g/mol. The third-order valence-corrected chi connectivity index (χ3v) is 2.95. The van der Waals surface area contributed by atoms with E-state index in [1.165, 1.54) is 6.92 Å². The fourth-order valence-corrected chi connectivity index (χ4v) is 1.85. The van der Waals surface area contributed by atoms with E-state index in [4.69, 9.17) is 0 Å². The minimum absolute atomic E-state index is 0.0683. The van der Waals surface area contributed by atoms with Crippen LogP contribution in [0.2, 0.25) is 0 Å². The molecule has 21 heavy (non-hydrogen) atoms. The molecule has 0 bridgehead atoms. The van der Waals surface area contributed by atoms with E-state index < -0.39 is 35.8 Å². The van der Waals surface area contributed by atoms with Crippen molar-refractivity contribution >= 4 is 48.3 Å². The van der Waals surface area contributed by atoms with Gasteiger partial charge in [0.25, 0.3) is 0 Å². The lowest BCUT2D eigenvalue weighted by molar-refractivity contribution is -0.163. The maximum atomic E-state index is 11.7. The van der Waals surface area contributed by atoms with Crippen LogP contribution in [-0.2, 0) is 23.9 Å². The molecule has 0 aromatic carbocycles. The highest BCUT2D eigenvalue weighted by Gasteiger charge is 2.28. The number of rotatable bonds is 8. The number of nitrogens with one attached hydrogen (secondary N) is 2. The van der Waals surface area contributed by atoms with Crippen LogP contribution in [0, 0.1) is 4.91 Å². The van der Waals surface area contributed by atoms with Gasteiger partial charge in [0.2, 0.25) is 11.8 Å². The number of carbonyl (C=O) groups is 4. The van der Waals surface area contributed by atoms with Gasteiger partial charge in [-0.1, -0.05) is 0 Å². The minimum atomic E-state index is -1.20. The standard InChI is InChI=1S/C10H15N3O6S2/c1-5(14)11-7(3-20)9(16)19-10(17)8(4-21-13-18)12-6(2)15/h7-8,20H,3-4H2,1-2H3,(H,11,14)(H,12,15)/t7-,8-/m0/s1. The maximum Gasteiger partial charge on any atom is 0.337 e. The van der Waals surface area contributed by atoms with Crippen molar-refractivity contribution in [3.05, 3.63) is 4.91 Å². The first-order valence-electron chi connectivity index (χ1n) is 5.67. The van der Waals surface area contributed by atoms with E-state index in [0.29, 0.717) is 11.9 Å². The van der Waals surface area contributed by atoms with Crippen molar-refractivity contribution < 1.29 is 23.9 Å². The lowest BCUT2D eigenvalue weighted by Crippen LogP contribution is -2.47. The number of hydrogen-bond donors (Lipinski definition) is 3. The Kier molecular flexibility index (Phi) is 9.37. The van der Waals surface area contributed by atoms with E-state index >= 15 is 0 Å². The second kappa shape index (κ2) is 10.2. The summed E-state index contributed by atoms with van der Waals surface area (Å²) in [7, 11) is 0. The van der Waals surface area contributed by atoms with Crippen LogP contribution >= 0.6 is 24.6 Å². The molecule has 0 rings (SSSR count). The van der Waals surface area contributed by atoms with Gasteiger partial charge < -0.3 is 15.4 Å². The molecule has 2 atom stereocenters. The Morgan fingerprint density at radius 3 is 2.00 bits per heavy atom. The number of ether oxygens (including phenoxy) is 1. The van der Waals surface area contributed by atoms with Gasteiger partial charge >= 0.3 is 11.9 Å². The zero-order chi connectivity index (χ0) is 16.4. The second-order valence-corrected chi connectivity index (χ2v) is 4.90. The molecule has 0 heterocycles. The van der Waals surface area contributed by atoms with Crippen LogP contribution in [0.15, 0.2) is 4.58 Å². The molecule has 2 N–H and O–H groups in total. The topological polar surface area (TPSA) is 131 Å². The van der Waals surface area contributed by atoms with Crippen LogP contribution in [0.25, 0.3) is 0 Å². The Morgan fingerprint density at radius 2 is 1.57 bits per heavy atom. The van der Waals surface area contributed by atoms with Crippen LogP contribution in [0.3, 0.4) is 0 Å². The molecule has 11 heteroatoms. The first-order chi connectivity index (χ1) is 9.81. The van der Waals surface area contributed by atoms with Gasteiger partial charge in [0.15, 0.2) is 0 Å². The lowest BCUT2D eigenvalue weighted by atomic mass is 10.3. The van der Waals surface area contributed by atoms with Crippen molar-refractivity contribution in [1.29, 1.82) is 0 Å². The zero-order valence-corrected chi connectivity index (χ0v) is 13.0. The van der Waals surface area contributed by atoms with Crippen LogP contribution in [0.4, 0.5) is 0 Å². The lowest BCUT2D eigenvalue weighted by Gasteiger charge is -2.17. The third-order valence-electron chi connectivity index (χ3n) is 2.00. The Bertz CT molecular complexity index is 431. The summed E-state index contributed by atoms with van der Waals surface area (Å²) in [6.45, 7) is 2.35. The first kappa shape index (κ1) is 19.4. The molecule has 0 radical (unpaired) electrons. The largest absolute Gasteiger partial charge is 0.390 e. The fraction of sp³-hybridized carbons (Fsp3) is 0.600. The van der Waals surface area contributed by atoms with Crippen LogP contribution in [0.1, 0.15) is 13.8 Å². The third kappa shape index (κ3) is 8.30. The SMILES string of the molecule is CC(=O)N[C@@H](CS)C(=O)OC(=O)[C@H](CSN=O)NC(C)=O. The van der Waals surface area contributed by atoms with Crippen molar-refractivity contribution in [3.63, 3.8) is 0 Å². The highest BCUT2D eigenvalue weighted by Crippen LogP contribution is 2.06. The number of thiol groups is 1. The quantitative estimate of drug-likeness (QED) is 0.177. The monoisotopic (exact) mass is 337 g/mol. The fourth-order valence-electron chi connectivity index (χ4n) is 1.18. The normalized spacial score (nSPS) is 12.7. The molecule has 118 valence electrons. The van der Waals surface area contributed by atoms with E-state index in [1.54, 1.807) is 0 Å². The Morgan fingerprint density at radius 1 is 1.10 bits per heavy atom. The van der Waals surface area contributed by atoms with E-state index in [0.717, 1.165) is 6.92 Å². The molecule has 0 aliphatic rings. The number of nitroso groups, excluding NO2 is 1. The maximum absolute atomic E-state index is 11.7. The average molecular weight is 337 g/mol. The Balaban J connectivity index is 4.70. The van der Waals surface area contributed by atoms with Gasteiger partial charge in [-0.3, -0.25) is 9.59 Å². The molecule has 0 unspecified atom stereocenters. The number of amides is 2. The number of nitrogens with zero attached hydrogens (tertiary/aromatic N) is 1. The molecule has 9 nitrogen and oxygen atoms in total. The number of esters is 2.